The Morgan fingerprint density at radius 1 is 1.03 bits per heavy atom. The van der Waals surface area contributed by atoms with Gasteiger partial charge in [-0.15, -0.1) is 0 Å². The maximum Gasteiger partial charge on any atom is 0.301 e. The number of ketones is 1. The second-order valence-electron chi connectivity index (χ2n) is 8.71. The van der Waals surface area contributed by atoms with Crippen molar-refractivity contribution in [3.8, 4) is 11.5 Å². The van der Waals surface area contributed by atoms with Crippen LogP contribution >= 0.6 is 11.3 Å². The first-order valence-corrected chi connectivity index (χ1v) is 12.2. The average molecular weight is 519 g/mol. The average Bonchev–Trinajstić information content (AvgIpc) is 3.42. The van der Waals surface area contributed by atoms with Crippen LogP contribution in [0.4, 0.5) is 9.52 Å². The lowest BCUT2D eigenvalue weighted by molar-refractivity contribution is -0.132. The Bertz CT molecular complexity index is 1590. The first kappa shape index (κ1) is 24.5. The van der Waals surface area contributed by atoms with Crippen LogP contribution in [-0.2, 0) is 9.59 Å². The Morgan fingerprint density at radius 2 is 1.76 bits per heavy atom. The summed E-state index contributed by atoms with van der Waals surface area (Å²) in [6.45, 7) is 3.91. The second-order valence-corrected chi connectivity index (χ2v) is 9.72. The van der Waals surface area contributed by atoms with E-state index in [4.69, 9.17) is 14.5 Å². The molecular weight excluding hydrogens is 495 g/mol. The van der Waals surface area contributed by atoms with Crippen molar-refractivity contribution in [2.75, 3.05) is 19.1 Å². The van der Waals surface area contributed by atoms with Crippen LogP contribution in [0.15, 0.2) is 60.2 Å². The van der Waals surface area contributed by atoms with Crippen molar-refractivity contribution in [2.24, 2.45) is 0 Å². The number of halogens is 1. The van der Waals surface area contributed by atoms with Crippen molar-refractivity contribution in [3.63, 3.8) is 0 Å². The number of Topliss-reactive ketones (excluding diaryl/α,β-unsaturated/α-hetero) is 1. The minimum atomic E-state index is -1.07. The summed E-state index contributed by atoms with van der Waals surface area (Å²) < 4.78 is 25.4. The number of benzene rings is 3. The number of anilines is 1. The van der Waals surface area contributed by atoms with Crippen LogP contribution in [0.1, 0.15) is 28.3 Å². The molecule has 37 heavy (non-hydrogen) atoms. The summed E-state index contributed by atoms with van der Waals surface area (Å²) in [5.41, 5.74) is 3.18. The first-order valence-electron chi connectivity index (χ1n) is 11.4. The molecule has 1 saturated heterocycles. The SMILES string of the molecule is COc1ccc(OC)c([C@@H]2/C(=C(\O)c3ccc(F)cc3)C(=O)C(=O)N2c2nc3c(C)cc(C)cc3s2)c1. The molecule has 1 amide bonds. The van der Waals surface area contributed by atoms with E-state index in [0.29, 0.717) is 22.2 Å². The number of thiazole rings is 1. The van der Waals surface area contributed by atoms with Crippen LogP contribution < -0.4 is 14.4 Å². The van der Waals surface area contributed by atoms with E-state index >= 15 is 0 Å². The monoisotopic (exact) mass is 518 g/mol. The summed E-state index contributed by atoms with van der Waals surface area (Å²) in [6.07, 6.45) is 0. The Labute approximate surface area is 216 Å². The second kappa shape index (κ2) is 9.33. The zero-order valence-electron chi connectivity index (χ0n) is 20.5. The highest BCUT2D eigenvalue weighted by molar-refractivity contribution is 7.22. The van der Waals surface area contributed by atoms with Crippen LogP contribution in [0.3, 0.4) is 0 Å². The maximum atomic E-state index is 13.6. The molecule has 1 aliphatic heterocycles. The van der Waals surface area contributed by atoms with E-state index in [2.05, 4.69) is 0 Å². The van der Waals surface area contributed by atoms with Crippen molar-refractivity contribution in [1.82, 2.24) is 4.98 Å². The number of fused-ring (bicyclic) bond motifs is 1. The molecular formula is C28H23FN2O5S. The summed E-state index contributed by atoms with van der Waals surface area (Å²) in [6, 6.07) is 13.0. The number of carbonyl (C=O) groups excluding carboxylic acids is 2. The molecule has 0 radical (unpaired) electrons. The van der Waals surface area contributed by atoms with Crippen molar-refractivity contribution < 1.29 is 28.6 Å². The van der Waals surface area contributed by atoms with Gasteiger partial charge in [-0.25, -0.2) is 9.37 Å². The first-order chi connectivity index (χ1) is 17.7. The Balaban J connectivity index is 1.80. The minimum Gasteiger partial charge on any atom is -0.507 e. The zero-order chi connectivity index (χ0) is 26.4. The molecule has 1 aromatic heterocycles. The van der Waals surface area contributed by atoms with E-state index in [1.807, 2.05) is 26.0 Å². The van der Waals surface area contributed by atoms with E-state index in [1.165, 1.54) is 54.7 Å². The third-order valence-electron chi connectivity index (χ3n) is 6.32. The number of aliphatic hydroxyl groups is 1. The number of aliphatic hydroxyl groups excluding tert-OH is 1. The number of aromatic nitrogens is 1. The lowest BCUT2D eigenvalue weighted by Crippen LogP contribution is -2.29. The van der Waals surface area contributed by atoms with Gasteiger partial charge >= 0.3 is 5.91 Å². The maximum absolute atomic E-state index is 13.6. The fourth-order valence-corrected chi connectivity index (χ4v) is 5.77. The molecule has 3 aromatic carbocycles. The summed E-state index contributed by atoms with van der Waals surface area (Å²) in [5.74, 6) is -1.79. The van der Waals surface area contributed by atoms with E-state index in [9.17, 15) is 19.1 Å². The van der Waals surface area contributed by atoms with Crippen molar-refractivity contribution in [2.45, 2.75) is 19.9 Å². The van der Waals surface area contributed by atoms with Crippen LogP contribution in [0.2, 0.25) is 0 Å². The van der Waals surface area contributed by atoms with E-state index in [0.717, 1.165) is 21.3 Å². The lowest BCUT2D eigenvalue weighted by atomic mass is 9.94. The number of aryl methyl sites for hydroxylation is 2. The highest BCUT2D eigenvalue weighted by Crippen LogP contribution is 2.47. The number of methoxy groups -OCH3 is 2. The van der Waals surface area contributed by atoms with Crippen molar-refractivity contribution >= 4 is 44.1 Å². The fourth-order valence-electron chi connectivity index (χ4n) is 4.60. The molecule has 0 bridgehead atoms. The van der Waals surface area contributed by atoms with Crippen molar-refractivity contribution in [3.05, 3.63) is 88.2 Å². The van der Waals surface area contributed by atoms with Crippen LogP contribution in [0.5, 0.6) is 11.5 Å². The molecule has 1 fully saturated rings. The van der Waals surface area contributed by atoms with Gasteiger partial charge in [0.05, 0.1) is 30.0 Å². The number of rotatable bonds is 5. The molecule has 0 aliphatic carbocycles. The Hall–Kier alpha value is -4.24. The third-order valence-corrected chi connectivity index (χ3v) is 7.32. The molecule has 1 atom stereocenters. The quantitative estimate of drug-likeness (QED) is 0.207. The molecule has 1 aliphatic rings. The lowest BCUT2D eigenvalue weighted by Gasteiger charge is -2.25. The number of carbonyl (C=O) groups is 2. The Morgan fingerprint density at radius 3 is 2.43 bits per heavy atom. The smallest absolute Gasteiger partial charge is 0.301 e. The number of hydrogen-bond acceptors (Lipinski definition) is 7. The van der Waals surface area contributed by atoms with Gasteiger partial charge < -0.3 is 14.6 Å². The van der Waals surface area contributed by atoms with Gasteiger partial charge in [-0.2, -0.15) is 0 Å². The number of hydrogen-bond donors (Lipinski definition) is 1. The van der Waals surface area contributed by atoms with Gasteiger partial charge in [-0.1, -0.05) is 17.4 Å². The molecule has 5 rings (SSSR count). The molecule has 0 spiro atoms. The number of ether oxygens (including phenoxy) is 2. The summed E-state index contributed by atoms with van der Waals surface area (Å²) in [4.78, 5) is 33.0. The zero-order valence-corrected chi connectivity index (χ0v) is 21.4. The molecule has 9 heteroatoms. The van der Waals surface area contributed by atoms with E-state index in [1.54, 1.807) is 18.2 Å². The van der Waals surface area contributed by atoms with Gasteiger partial charge in [-0.3, -0.25) is 14.5 Å². The molecule has 188 valence electrons. The highest BCUT2D eigenvalue weighted by Gasteiger charge is 2.49. The third kappa shape index (κ3) is 4.11. The van der Waals surface area contributed by atoms with Crippen LogP contribution in [-0.4, -0.2) is 36.0 Å². The van der Waals surface area contributed by atoms with Crippen molar-refractivity contribution in [1.29, 1.82) is 0 Å². The summed E-state index contributed by atoms with van der Waals surface area (Å²) >= 11 is 1.28. The van der Waals surface area contributed by atoms with Crippen LogP contribution in [0.25, 0.3) is 16.0 Å². The van der Waals surface area contributed by atoms with E-state index < -0.39 is 29.3 Å². The summed E-state index contributed by atoms with van der Waals surface area (Å²) in [5, 5.41) is 11.6. The van der Waals surface area contributed by atoms with Gasteiger partial charge in [0.2, 0.25) is 0 Å². The standard InChI is InChI=1S/C28H23FN2O5S/c1-14-11-15(2)23-21(12-14)37-28(30-23)31-24(19-13-18(35-3)9-10-20(19)36-4)22(26(33)27(31)34)25(32)16-5-7-17(29)8-6-16/h5-13,24,32H,1-4H3/b25-22+/t24-/m1/s1. The summed E-state index contributed by atoms with van der Waals surface area (Å²) in [7, 11) is 2.97. The highest BCUT2D eigenvalue weighted by atomic mass is 32.1. The number of nitrogens with zero attached hydrogens (tertiary/aromatic N) is 2. The predicted octanol–water partition coefficient (Wildman–Crippen LogP) is 5.70. The molecule has 7 nitrogen and oxygen atoms in total. The van der Waals surface area contributed by atoms with Gasteiger partial charge in [0.1, 0.15) is 29.1 Å². The molecule has 0 saturated carbocycles. The number of amides is 1. The topological polar surface area (TPSA) is 89.0 Å². The molecule has 0 unspecified atom stereocenters. The minimum absolute atomic E-state index is 0.157. The molecule has 2 heterocycles. The van der Waals surface area contributed by atoms with Gasteiger partial charge in [0, 0.05) is 11.1 Å². The van der Waals surface area contributed by atoms with Gasteiger partial charge in [0.15, 0.2) is 5.13 Å². The molecule has 4 aromatic rings. The normalized spacial score (nSPS) is 17.0. The predicted molar refractivity (Wildman–Crippen MR) is 140 cm³/mol. The van der Waals surface area contributed by atoms with Gasteiger partial charge in [-0.05, 0) is 73.5 Å². The fraction of sp³-hybridized carbons (Fsp3) is 0.179. The van der Waals surface area contributed by atoms with E-state index in [-0.39, 0.29) is 11.1 Å². The van der Waals surface area contributed by atoms with Crippen LogP contribution in [0, 0.1) is 19.7 Å². The Kier molecular flexibility index (Phi) is 6.16. The molecule has 1 N–H and O–H groups in total. The van der Waals surface area contributed by atoms with Gasteiger partial charge in [0.25, 0.3) is 5.78 Å². The largest absolute Gasteiger partial charge is 0.507 e.